The van der Waals surface area contributed by atoms with Crippen LogP contribution in [0, 0.1) is 11.3 Å². The topological polar surface area (TPSA) is 23.8 Å². The van der Waals surface area contributed by atoms with E-state index in [1.807, 2.05) is 0 Å². The van der Waals surface area contributed by atoms with Gasteiger partial charge < -0.3 is 0 Å². The van der Waals surface area contributed by atoms with Gasteiger partial charge in [0.25, 0.3) is 0 Å². The largest absolute Gasteiger partial charge is 0.193 e. The Labute approximate surface area is 109 Å². The monoisotopic (exact) mass is 245 g/mol. The summed E-state index contributed by atoms with van der Waals surface area (Å²) in [5.41, 5.74) is 2.47. The SMILES string of the molecule is CC(C)S/C(=C/C#N)c1ccc(C(C)C)cc1. The number of benzene rings is 1. The molecule has 0 saturated heterocycles. The lowest BCUT2D eigenvalue weighted by Gasteiger charge is -2.11. The molecule has 1 rings (SSSR count). The quantitative estimate of drug-likeness (QED) is 0.710. The standard InChI is InChI=1S/C15H19NS/c1-11(2)13-5-7-14(8-6-13)15(9-10-16)17-12(3)4/h5-9,11-12H,1-4H3/b15-9+. The smallest absolute Gasteiger partial charge is 0.0923 e. The van der Waals surface area contributed by atoms with Crippen LogP contribution in [0.4, 0.5) is 0 Å². The van der Waals surface area contributed by atoms with Crippen molar-refractivity contribution in [1.82, 2.24) is 0 Å². The molecule has 90 valence electrons. The van der Waals surface area contributed by atoms with Crippen molar-refractivity contribution < 1.29 is 0 Å². The van der Waals surface area contributed by atoms with Crippen LogP contribution in [-0.4, -0.2) is 5.25 Å². The first kappa shape index (κ1) is 13.9. The molecular formula is C15H19NS. The van der Waals surface area contributed by atoms with Gasteiger partial charge in [-0.15, -0.1) is 11.8 Å². The van der Waals surface area contributed by atoms with Gasteiger partial charge in [0.2, 0.25) is 0 Å². The zero-order valence-electron chi connectivity index (χ0n) is 10.9. The minimum atomic E-state index is 0.486. The van der Waals surface area contributed by atoms with E-state index >= 15 is 0 Å². The second-order valence-corrected chi connectivity index (χ2v) is 6.20. The van der Waals surface area contributed by atoms with Gasteiger partial charge in [0.1, 0.15) is 0 Å². The second kappa shape index (κ2) is 6.51. The van der Waals surface area contributed by atoms with Gasteiger partial charge in [-0.3, -0.25) is 0 Å². The summed E-state index contributed by atoms with van der Waals surface area (Å²) >= 11 is 1.73. The van der Waals surface area contributed by atoms with E-state index in [0.717, 1.165) is 10.5 Å². The Bertz CT molecular complexity index is 421. The third-order valence-electron chi connectivity index (χ3n) is 2.42. The fraction of sp³-hybridized carbons (Fsp3) is 0.400. The average molecular weight is 245 g/mol. The van der Waals surface area contributed by atoms with Gasteiger partial charge in [0.15, 0.2) is 0 Å². The Morgan fingerprint density at radius 2 is 1.76 bits per heavy atom. The van der Waals surface area contributed by atoms with Gasteiger partial charge in [-0.05, 0) is 17.0 Å². The summed E-state index contributed by atoms with van der Waals surface area (Å²) in [6.45, 7) is 8.64. The second-order valence-electron chi connectivity index (χ2n) is 4.58. The van der Waals surface area contributed by atoms with E-state index in [4.69, 9.17) is 5.26 Å². The van der Waals surface area contributed by atoms with Crippen LogP contribution in [-0.2, 0) is 0 Å². The molecule has 1 aromatic carbocycles. The molecule has 0 heterocycles. The van der Waals surface area contributed by atoms with E-state index in [2.05, 4.69) is 58.0 Å². The summed E-state index contributed by atoms with van der Waals surface area (Å²) in [6, 6.07) is 10.6. The molecule has 0 spiro atoms. The summed E-state index contributed by atoms with van der Waals surface area (Å²) in [4.78, 5) is 1.05. The molecule has 0 atom stereocenters. The van der Waals surface area contributed by atoms with Crippen molar-refractivity contribution in [3.63, 3.8) is 0 Å². The van der Waals surface area contributed by atoms with Crippen molar-refractivity contribution in [2.75, 3.05) is 0 Å². The first-order chi connectivity index (χ1) is 8.04. The first-order valence-electron chi connectivity index (χ1n) is 5.91. The number of hydrogen-bond donors (Lipinski definition) is 0. The molecule has 1 aromatic rings. The number of nitriles is 1. The third kappa shape index (κ3) is 4.28. The molecular weight excluding hydrogens is 226 g/mol. The highest BCUT2D eigenvalue weighted by Crippen LogP contribution is 2.31. The van der Waals surface area contributed by atoms with Crippen LogP contribution >= 0.6 is 11.8 Å². The molecule has 0 aromatic heterocycles. The Balaban J connectivity index is 2.97. The van der Waals surface area contributed by atoms with E-state index < -0.39 is 0 Å². The molecule has 1 nitrogen and oxygen atoms in total. The summed E-state index contributed by atoms with van der Waals surface area (Å²) in [5.74, 6) is 0.546. The highest BCUT2D eigenvalue weighted by Gasteiger charge is 2.06. The molecule has 0 N–H and O–H groups in total. The first-order valence-corrected chi connectivity index (χ1v) is 6.79. The van der Waals surface area contributed by atoms with E-state index in [1.165, 1.54) is 5.56 Å². The number of nitrogens with zero attached hydrogens (tertiary/aromatic N) is 1. The van der Waals surface area contributed by atoms with Crippen LogP contribution in [0.5, 0.6) is 0 Å². The summed E-state index contributed by atoms with van der Waals surface area (Å²) in [7, 11) is 0. The Kier molecular flexibility index (Phi) is 5.31. The van der Waals surface area contributed by atoms with E-state index in [9.17, 15) is 0 Å². The van der Waals surface area contributed by atoms with Gasteiger partial charge in [-0.2, -0.15) is 5.26 Å². The van der Waals surface area contributed by atoms with Gasteiger partial charge in [0, 0.05) is 16.2 Å². The lowest BCUT2D eigenvalue weighted by atomic mass is 10.0. The molecule has 0 fully saturated rings. The van der Waals surface area contributed by atoms with Gasteiger partial charge in [-0.1, -0.05) is 52.0 Å². The lowest BCUT2D eigenvalue weighted by molar-refractivity contribution is 0.866. The number of thioether (sulfide) groups is 1. The van der Waals surface area contributed by atoms with Crippen LogP contribution in [0.1, 0.15) is 44.7 Å². The average Bonchev–Trinajstić information content (AvgIpc) is 2.28. The lowest BCUT2D eigenvalue weighted by Crippen LogP contribution is -1.91. The predicted octanol–water partition coefficient (Wildman–Crippen LogP) is 4.82. The minimum absolute atomic E-state index is 0.486. The van der Waals surface area contributed by atoms with Gasteiger partial charge in [0.05, 0.1) is 6.07 Å². The number of rotatable bonds is 4. The molecule has 17 heavy (non-hydrogen) atoms. The predicted molar refractivity (Wildman–Crippen MR) is 76.8 cm³/mol. The highest BCUT2D eigenvalue weighted by atomic mass is 32.2. The Morgan fingerprint density at radius 3 is 2.18 bits per heavy atom. The van der Waals surface area contributed by atoms with Crippen molar-refractivity contribution >= 4 is 16.7 Å². The van der Waals surface area contributed by atoms with Crippen molar-refractivity contribution in [1.29, 1.82) is 5.26 Å². The minimum Gasteiger partial charge on any atom is -0.193 e. The molecule has 0 unspecified atom stereocenters. The van der Waals surface area contributed by atoms with Crippen LogP contribution < -0.4 is 0 Å². The van der Waals surface area contributed by atoms with Crippen LogP contribution in [0.3, 0.4) is 0 Å². The molecule has 0 saturated carbocycles. The van der Waals surface area contributed by atoms with E-state index in [1.54, 1.807) is 17.8 Å². The molecule has 0 amide bonds. The summed E-state index contributed by atoms with van der Waals surface area (Å²) in [6.07, 6.45) is 1.63. The Hall–Kier alpha value is -1.20. The molecule has 0 bridgehead atoms. The zero-order chi connectivity index (χ0) is 12.8. The van der Waals surface area contributed by atoms with Crippen LogP contribution in [0.15, 0.2) is 30.3 Å². The fourth-order valence-electron chi connectivity index (χ4n) is 1.53. The van der Waals surface area contributed by atoms with Gasteiger partial charge >= 0.3 is 0 Å². The van der Waals surface area contributed by atoms with Crippen molar-refractivity contribution in [3.8, 4) is 6.07 Å². The fourth-order valence-corrected chi connectivity index (χ4v) is 2.43. The molecule has 0 aliphatic heterocycles. The van der Waals surface area contributed by atoms with Gasteiger partial charge in [-0.25, -0.2) is 0 Å². The van der Waals surface area contributed by atoms with Crippen LogP contribution in [0.25, 0.3) is 4.91 Å². The molecule has 0 radical (unpaired) electrons. The maximum absolute atomic E-state index is 8.81. The van der Waals surface area contributed by atoms with Crippen molar-refractivity contribution in [3.05, 3.63) is 41.5 Å². The number of hydrogen-bond acceptors (Lipinski definition) is 2. The Morgan fingerprint density at radius 1 is 1.18 bits per heavy atom. The highest BCUT2D eigenvalue weighted by molar-refractivity contribution is 8.08. The van der Waals surface area contributed by atoms with E-state index in [0.29, 0.717) is 11.2 Å². The molecule has 0 aliphatic carbocycles. The number of allylic oxidation sites excluding steroid dienone is 1. The van der Waals surface area contributed by atoms with Crippen LogP contribution in [0.2, 0.25) is 0 Å². The van der Waals surface area contributed by atoms with Crippen molar-refractivity contribution in [2.24, 2.45) is 0 Å². The van der Waals surface area contributed by atoms with E-state index in [-0.39, 0.29) is 0 Å². The summed E-state index contributed by atoms with van der Waals surface area (Å²) in [5, 5.41) is 9.30. The normalized spacial score (nSPS) is 11.9. The van der Waals surface area contributed by atoms with Crippen molar-refractivity contribution in [2.45, 2.75) is 38.9 Å². The maximum Gasteiger partial charge on any atom is 0.0923 e. The molecule has 0 aliphatic rings. The maximum atomic E-state index is 8.81. The zero-order valence-corrected chi connectivity index (χ0v) is 11.7. The molecule has 2 heteroatoms. The third-order valence-corrected chi connectivity index (χ3v) is 3.50. The summed E-state index contributed by atoms with van der Waals surface area (Å²) < 4.78 is 0.